The summed E-state index contributed by atoms with van der Waals surface area (Å²) in [6.07, 6.45) is 4.84. The molecular formula is C14H9Br2N5OS. The first-order valence-electron chi connectivity index (χ1n) is 6.36. The maximum absolute atomic E-state index is 10.1. The number of hydrogen-bond acceptors (Lipinski definition) is 5. The largest absolute Gasteiger partial charge is 0.506 e. The van der Waals surface area contributed by atoms with Crippen LogP contribution in [-0.4, -0.2) is 31.2 Å². The molecule has 0 radical (unpaired) electrons. The fourth-order valence-corrected chi connectivity index (χ4v) is 3.33. The van der Waals surface area contributed by atoms with Crippen molar-refractivity contribution >= 4 is 50.3 Å². The normalized spacial score (nSPS) is 11.2. The molecule has 0 saturated carbocycles. The summed E-state index contributed by atoms with van der Waals surface area (Å²) in [4.78, 5) is 3.98. The summed E-state index contributed by atoms with van der Waals surface area (Å²) in [7, 11) is 0. The minimum absolute atomic E-state index is 0.0948. The van der Waals surface area contributed by atoms with Crippen molar-refractivity contribution in [1.29, 1.82) is 0 Å². The highest BCUT2D eigenvalue weighted by Crippen LogP contribution is 2.30. The molecule has 0 fully saturated rings. The summed E-state index contributed by atoms with van der Waals surface area (Å²) in [6.45, 7) is 0. The monoisotopic (exact) mass is 453 g/mol. The number of phenolic OH excluding ortho intramolecular Hbond substituents is 1. The van der Waals surface area contributed by atoms with Crippen LogP contribution in [0.4, 0.5) is 0 Å². The molecule has 0 aliphatic rings. The molecule has 3 rings (SSSR count). The van der Waals surface area contributed by atoms with E-state index >= 15 is 0 Å². The first-order valence-corrected chi connectivity index (χ1v) is 8.36. The van der Waals surface area contributed by atoms with Gasteiger partial charge in [-0.3, -0.25) is 4.98 Å². The molecule has 0 bridgehead atoms. The number of nitrogens with zero attached hydrogens (tertiary/aromatic N) is 4. The zero-order chi connectivity index (χ0) is 16.4. The van der Waals surface area contributed by atoms with Crippen LogP contribution in [0.2, 0.25) is 0 Å². The van der Waals surface area contributed by atoms with Crippen LogP contribution < -0.4 is 0 Å². The van der Waals surface area contributed by atoms with Crippen molar-refractivity contribution in [1.82, 2.24) is 19.9 Å². The van der Waals surface area contributed by atoms with Gasteiger partial charge in [0.05, 0.1) is 10.7 Å². The number of aromatic hydroxyl groups is 1. The van der Waals surface area contributed by atoms with Gasteiger partial charge in [-0.05, 0) is 52.4 Å². The summed E-state index contributed by atoms with van der Waals surface area (Å²) < 4.78 is 3.22. The Bertz CT molecular complexity index is 936. The summed E-state index contributed by atoms with van der Waals surface area (Å²) in [5.74, 6) is 0.652. The van der Waals surface area contributed by atoms with Crippen LogP contribution in [0.3, 0.4) is 0 Å². The third-order valence-electron chi connectivity index (χ3n) is 2.96. The van der Waals surface area contributed by atoms with Gasteiger partial charge in [-0.2, -0.15) is 14.9 Å². The van der Waals surface area contributed by atoms with Gasteiger partial charge in [0.25, 0.3) is 0 Å². The highest BCUT2D eigenvalue weighted by Gasteiger charge is 2.09. The van der Waals surface area contributed by atoms with E-state index in [0.29, 0.717) is 20.6 Å². The van der Waals surface area contributed by atoms with E-state index in [1.807, 2.05) is 12.1 Å². The highest BCUT2D eigenvalue weighted by molar-refractivity contribution is 9.11. The number of aromatic amines is 1. The molecule has 1 aromatic carbocycles. The van der Waals surface area contributed by atoms with Crippen LogP contribution in [0.1, 0.15) is 5.56 Å². The first-order chi connectivity index (χ1) is 11.1. The minimum Gasteiger partial charge on any atom is -0.506 e. The first kappa shape index (κ1) is 16.0. The van der Waals surface area contributed by atoms with Crippen LogP contribution in [0.5, 0.6) is 5.75 Å². The van der Waals surface area contributed by atoms with Crippen molar-refractivity contribution in [3.8, 4) is 17.1 Å². The third-order valence-corrected chi connectivity index (χ3v) is 4.29. The van der Waals surface area contributed by atoms with E-state index in [9.17, 15) is 5.11 Å². The number of H-pyrrole nitrogens is 1. The molecule has 3 aromatic rings. The Labute approximate surface area is 153 Å². The van der Waals surface area contributed by atoms with Gasteiger partial charge in [-0.25, -0.2) is 5.10 Å². The fourth-order valence-electron chi connectivity index (χ4n) is 1.89. The molecule has 0 unspecified atom stereocenters. The number of rotatable bonds is 3. The average molecular weight is 455 g/mol. The number of phenols is 1. The average Bonchev–Trinajstić information content (AvgIpc) is 2.91. The molecule has 9 heteroatoms. The van der Waals surface area contributed by atoms with Crippen molar-refractivity contribution in [2.45, 2.75) is 0 Å². The lowest BCUT2D eigenvalue weighted by Gasteiger charge is -2.04. The number of aromatic nitrogens is 4. The van der Waals surface area contributed by atoms with Gasteiger partial charge < -0.3 is 5.11 Å². The van der Waals surface area contributed by atoms with Crippen LogP contribution in [0.15, 0.2) is 50.7 Å². The lowest BCUT2D eigenvalue weighted by molar-refractivity contribution is 0.471. The molecule has 0 amide bonds. The summed E-state index contributed by atoms with van der Waals surface area (Å²) >= 11 is 11.9. The van der Waals surface area contributed by atoms with Gasteiger partial charge in [0.15, 0.2) is 5.82 Å². The van der Waals surface area contributed by atoms with E-state index in [0.717, 1.165) is 10.0 Å². The van der Waals surface area contributed by atoms with Crippen molar-refractivity contribution in [3.63, 3.8) is 0 Å². The third kappa shape index (κ3) is 3.41. The fraction of sp³-hybridized carbons (Fsp3) is 0. The van der Waals surface area contributed by atoms with E-state index in [4.69, 9.17) is 12.2 Å². The van der Waals surface area contributed by atoms with Crippen LogP contribution in [0.25, 0.3) is 11.4 Å². The predicted octanol–water partition coefficient (Wildman–Crippen LogP) is 4.12. The summed E-state index contributed by atoms with van der Waals surface area (Å²) in [5.41, 5.74) is 1.36. The molecule has 0 saturated heterocycles. The zero-order valence-corrected chi connectivity index (χ0v) is 15.4. The van der Waals surface area contributed by atoms with Gasteiger partial charge in [-0.1, -0.05) is 15.9 Å². The SMILES string of the molecule is Oc1c(Br)cc(Br)cc1C=Nn1c(-c2ccncc2)n[nH]c1=S. The molecule has 0 spiro atoms. The summed E-state index contributed by atoms with van der Waals surface area (Å²) in [5, 5.41) is 21.3. The molecule has 0 atom stereocenters. The Kier molecular flexibility index (Phi) is 4.69. The number of pyridine rings is 1. The molecular weight excluding hydrogens is 446 g/mol. The van der Waals surface area contributed by atoms with Crippen molar-refractivity contribution in [2.24, 2.45) is 5.10 Å². The Hall–Kier alpha value is -1.84. The van der Waals surface area contributed by atoms with E-state index < -0.39 is 0 Å². The smallest absolute Gasteiger partial charge is 0.216 e. The quantitative estimate of drug-likeness (QED) is 0.461. The standard InChI is InChI=1S/C14H9Br2N5OS/c15-10-5-9(12(22)11(16)6-10)7-18-21-13(19-20-14(21)23)8-1-3-17-4-2-8/h1-7,22H,(H,20,23). The second kappa shape index (κ2) is 6.73. The van der Waals surface area contributed by atoms with E-state index in [-0.39, 0.29) is 5.75 Å². The number of halogens is 2. The lowest BCUT2D eigenvalue weighted by atomic mass is 10.2. The molecule has 6 nitrogen and oxygen atoms in total. The van der Waals surface area contributed by atoms with Crippen LogP contribution in [0, 0.1) is 4.77 Å². The lowest BCUT2D eigenvalue weighted by Crippen LogP contribution is -1.95. The maximum atomic E-state index is 10.1. The maximum Gasteiger partial charge on any atom is 0.216 e. The van der Waals surface area contributed by atoms with Crippen molar-refractivity contribution < 1.29 is 5.11 Å². The minimum atomic E-state index is 0.0948. The second-order valence-corrected chi connectivity index (χ2v) is 6.63. The highest BCUT2D eigenvalue weighted by atomic mass is 79.9. The van der Waals surface area contributed by atoms with E-state index in [1.54, 1.807) is 24.5 Å². The van der Waals surface area contributed by atoms with Crippen molar-refractivity contribution in [3.05, 3.63) is 55.9 Å². The number of hydrogen-bond donors (Lipinski definition) is 2. The molecule has 0 aliphatic heterocycles. The van der Waals surface area contributed by atoms with Gasteiger partial charge in [0, 0.05) is 28.0 Å². The number of benzene rings is 1. The number of nitrogens with one attached hydrogen (secondary N) is 1. The van der Waals surface area contributed by atoms with Crippen LogP contribution in [-0.2, 0) is 0 Å². The Morgan fingerprint density at radius 1 is 1.26 bits per heavy atom. The molecule has 2 aromatic heterocycles. The summed E-state index contributed by atoms with van der Waals surface area (Å²) in [6, 6.07) is 7.12. The Morgan fingerprint density at radius 2 is 2.00 bits per heavy atom. The molecule has 2 N–H and O–H groups in total. The zero-order valence-electron chi connectivity index (χ0n) is 11.4. The van der Waals surface area contributed by atoms with Gasteiger partial charge in [-0.15, -0.1) is 0 Å². The van der Waals surface area contributed by atoms with E-state index in [2.05, 4.69) is 52.1 Å². The van der Waals surface area contributed by atoms with Gasteiger partial charge >= 0.3 is 0 Å². The topological polar surface area (TPSA) is 79.1 Å². The molecule has 2 heterocycles. The Balaban J connectivity index is 2.05. The van der Waals surface area contributed by atoms with Gasteiger partial charge in [0.2, 0.25) is 4.77 Å². The van der Waals surface area contributed by atoms with Gasteiger partial charge in [0.1, 0.15) is 5.75 Å². The van der Waals surface area contributed by atoms with Crippen LogP contribution >= 0.6 is 44.1 Å². The Morgan fingerprint density at radius 3 is 2.74 bits per heavy atom. The van der Waals surface area contributed by atoms with E-state index in [1.165, 1.54) is 10.9 Å². The molecule has 116 valence electrons. The second-order valence-electron chi connectivity index (χ2n) is 4.47. The predicted molar refractivity (Wildman–Crippen MR) is 97.1 cm³/mol. The molecule has 23 heavy (non-hydrogen) atoms. The molecule has 0 aliphatic carbocycles. The van der Waals surface area contributed by atoms with Crippen molar-refractivity contribution in [2.75, 3.05) is 0 Å².